The van der Waals surface area contributed by atoms with E-state index in [9.17, 15) is 17.6 Å². The molecule has 160 valence electrons. The molecule has 0 aliphatic carbocycles. The molecule has 0 N–H and O–H groups in total. The zero-order valence-electron chi connectivity index (χ0n) is 16.9. The minimum Gasteiger partial charge on any atom is -0.338 e. The molecule has 5 nitrogen and oxygen atoms in total. The smallest absolute Gasteiger partial charge is 0.243 e. The van der Waals surface area contributed by atoms with Crippen LogP contribution in [0.15, 0.2) is 72.1 Å². The number of nitrogens with zero attached hydrogens (tertiary/aromatic N) is 2. The predicted molar refractivity (Wildman–Crippen MR) is 115 cm³/mol. The molecule has 2 aromatic carbocycles. The summed E-state index contributed by atoms with van der Waals surface area (Å²) in [6.07, 6.45) is 3.67. The third kappa shape index (κ3) is 5.34. The Morgan fingerprint density at radius 2 is 1.87 bits per heavy atom. The van der Waals surface area contributed by atoms with Crippen molar-refractivity contribution in [3.05, 3.63) is 78.6 Å². The van der Waals surface area contributed by atoms with Crippen molar-refractivity contribution >= 4 is 15.9 Å². The lowest BCUT2D eigenvalue weighted by molar-refractivity contribution is -0.136. The van der Waals surface area contributed by atoms with Crippen molar-refractivity contribution in [2.24, 2.45) is 5.92 Å². The first-order valence-electron chi connectivity index (χ1n) is 10.1. The highest BCUT2D eigenvalue weighted by molar-refractivity contribution is 7.89. The average molecular weight is 431 g/mol. The van der Waals surface area contributed by atoms with E-state index < -0.39 is 21.8 Å². The van der Waals surface area contributed by atoms with Gasteiger partial charge in [0, 0.05) is 26.2 Å². The Morgan fingerprint density at radius 1 is 1.17 bits per heavy atom. The third-order valence-electron chi connectivity index (χ3n) is 5.36. The van der Waals surface area contributed by atoms with Gasteiger partial charge in [-0.05, 0) is 49.1 Å². The van der Waals surface area contributed by atoms with Gasteiger partial charge in [0.2, 0.25) is 15.9 Å². The van der Waals surface area contributed by atoms with Crippen molar-refractivity contribution in [3.63, 3.8) is 0 Å². The standard InChI is InChI=1S/C23H27FN2O3S/c1-2-15-25(17-14-19-7-4-3-5-8-19)23(27)20-9-6-16-26(18-20)30(28,29)22-12-10-21(24)11-13-22/h2-5,7-8,10-13,20H,1,6,9,14-18H2. The Morgan fingerprint density at radius 3 is 2.53 bits per heavy atom. The normalized spacial score (nSPS) is 17.4. The van der Waals surface area contributed by atoms with Crippen molar-refractivity contribution < 1.29 is 17.6 Å². The van der Waals surface area contributed by atoms with Gasteiger partial charge in [-0.2, -0.15) is 4.31 Å². The number of benzene rings is 2. The van der Waals surface area contributed by atoms with Crippen molar-refractivity contribution in [2.45, 2.75) is 24.2 Å². The molecule has 0 bridgehead atoms. The number of amides is 1. The lowest BCUT2D eigenvalue weighted by atomic mass is 9.97. The minimum absolute atomic E-state index is 0.0454. The number of carbonyl (C=O) groups excluding carboxylic acids is 1. The lowest BCUT2D eigenvalue weighted by Gasteiger charge is -2.34. The van der Waals surface area contributed by atoms with Crippen LogP contribution in [0.1, 0.15) is 18.4 Å². The number of rotatable bonds is 8. The molecule has 2 aromatic rings. The second-order valence-corrected chi connectivity index (χ2v) is 9.40. The molecule has 1 heterocycles. The molecule has 0 aromatic heterocycles. The molecule has 1 saturated heterocycles. The summed E-state index contributed by atoms with van der Waals surface area (Å²) in [7, 11) is -3.76. The minimum atomic E-state index is -3.76. The summed E-state index contributed by atoms with van der Waals surface area (Å²) in [6.45, 7) is 5.22. The molecule has 1 aliphatic rings. The Hall–Kier alpha value is -2.51. The SMILES string of the molecule is C=CCN(CCc1ccccc1)C(=O)C1CCCN(S(=O)(=O)c2ccc(F)cc2)C1. The quantitative estimate of drug-likeness (QED) is 0.603. The number of carbonyl (C=O) groups is 1. The fraction of sp³-hybridized carbons (Fsp3) is 0.348. The molecule has 1 amide bonds. The monoisotopic (exact) mass is 430 g/mol. The largest absolute Gasteiger partial charge is 0.338 e. The molecular formula is C23H27FN2O3S. The van der Waals surface area contributed by atoms with Gasteiger partial charge in [-0.15, -0.1) is 6.58 Å². The summed E-state index contributed by atoms with van der Waals surface area (Å²) in [5.41, 5.74) is 1.14. The Kier molecular flexibility index (Phi) is 7.39. The molecule has 1 unspecified atom stereocenters. The molecular weight excluding hydrogens is 403 g/mol. The predicted octanol–water partition coefficient (Wildman–Crippen LogP) is 3.48. The number of hydrogen-bond donors (Lipinski definition) is 0. The van der Waals surface area contributed by atoms with E-state index in [1.54, 1.807) is 11.0 Å². The maximum absolute atomic E-state index is 13.2. The fourth-order valence-corrected chi connectivity index (χ4v) is 5.26. The summed E-state index contributed by atoms with van der Waals surface area (Å²) in [4.78, 5) is 15.0. The van der Waals surface area contributed by atoms with Crippen LogP contribution in [0.4, 0.5) is 4.39 Å². The maximum atomic E-state index is 13.2. The molecule has 7 heteroatoms. The molecule has 30 heavy (non-hydrogen) atoms. The summed E-state index contributed by atoms with van der Waals surface area (Å²) < 4.78 is 40.4. The van der Waals surface area contributed by atoms with Crippen LogP contribution in [0.2, 0.25) is 0 Å². The Bertz CT molecular complexity index is 962. The fourth-order valence-electron chi connectivity index (χ4n) is 3.73. The van der Waals surface area contributed by atoms with E-state index in [4.69, 9.17) is 0 Å². The van der Waals surface area contributed by atoms with Crippen LogP contribution in [0.3, 0.4) is 0 Å². The van der Waals surface area contributed by atoms with E-state index in [0.29, 0.717) is 32.5 Å². The Labute approximate surface area is 177 Å². The number of hydrogen-bond acceptors (Lipinski definition) is 3. The summed E-state index contributed by atoms with van der Waals surface area (Å²) in [5.74, 6) is -0.936. The van der Waals surface area contributed by atoms with Gasteiger partial charge in [0.1, 0.15) is 5.82 Å². The van der Waals surface area contributed by atoms with Crippen LogP contribution in [0.25, 0.3) is 0 Å². The highest BCUT2D eigenvalue weighted by atomic mass is 32.2. The van der Waals surface area contributed by atoms with E-state index in [-0.39, 0.29) is 17.3 Å². The van der Waals surface area contributed by atoms with Crippen LogP contribution in [-0.2, 0) is 21.2 Å². The Balaban J connectivity index is 1.69. The van der Waals surface area contributed by atoms with Gasteiger partial charge in [-0.3, -0.25) is 4.79 Å². The second-order valence-electron chi connectivity index (χ2n) is 7.46. The van der Waals surface area contributed by atoms with Crippen LogP contribution in [-0.4, -0.2) is 49.7 Å². The summed E-state index contributed by atoms with van der Waals surface area (Å²) >= 11 is 0. The summed E-state index contributed by atoms with van der Waals surface area (Å²) in [5, 5.41) is 0. The zero-order valence-corrected chi connectivity index (χ0v) is 17.7. The molecule has 1 atom stereocenters. The second kappa shape index (κ2) is 10.00. The molecule has 1 aliphatic heterocycles. The molecule has 1 fully saturated rings. The third-order valence-corrected chi connectivity index (χ3v) is 7.24. The van der Waals surface area contributed by atoms with Crippen LogP contribution >= 0.6 is 0 Å². The van der Waals surface area contributed by atoms with Gasteiger partial charge in [-0.1, -0.05) is 36.4 Å². The van der Waals surface area contributed by atoms with Crippen molar-refractivity contribution in [3.8, 4) is 0 Å². The van der Waals surface area contributed by atoms with Gasteiger partial charge < -0.3 is 4.90 Å². The van der Waals surface area contributed by atoms with Crippen LogP contribution in [0, 0.1) is 11.7 Å². The lowest BCUT2D eigenvalue weighted by Crippen LogP contribution is -2.47. The first-order chi connectivity index (χ1) is 14.4. The van der Waals surface area contributed by atoms with Crippen molar-refractivity contribution in [1.82, 2.24) is 9.21 Å². The number of sulfonamides is 1. The maximum Gasteiger partial charge on any atom is 0.243 e. The molecule has 0 radical (unpaired) electrons. The van der Waals surface area contributed by atoms with Gasteiger partial charge in [0.05, 0.1) is 10.8 Å². The molecule has 3 rings (SSSR count). The van der Waals surface area contributed by atoms with Crippen LogP contribution in [0.5, 0.6) is 0 Å². The number of piperidine rings is 1. The average Bonchev–Trinajstić information content (AvgIpc) is 2.77. The highest BCUT2D eigenvalue weighted by Crippen LogP contribution is 2.25. The van der Waals surface area contributed by atoms with E-state index in [1.165, 1.54) is 16.4 Å². The first-order valence-corrected chi connectivity index (χ1v) is 11.5. The topological polar surface area (TPSA) is 57.7 Å². The van der Waals surface area contributed by atoms with Crippen molar-refractivity contribution in [2.75, 3.05) is 26.2 Å². The van der Waals surface area contributed by atoms with E-state index in [0.717, 1.165) is 24.1 Å². The number of halogens is 1. The summed E-state index contributed by atoms with van der Waals surface area (Å²) in [6, 6.07) is 14.7. The van der Waals surface area contributed by atoms with Gasteiger partial charge in [-0.25, -0.2) is 12.8 Å². The first kappa shape index (κ1) is 22.2. The molecule has 0 spiro atoms. The van der Waals surface area contributed by atoms with E-state index >= 15 is 0 Å². The van der Waals surface area contributed by atoms with Crippen LogP contribution < -0.4 is 0 Å². The van der Waals surface area contributed by atoms with Gasteiger partial charge >= 0.3 is 0 Å². The molecule has 0 saturated carbocycles. The van der Waals surface area contributed by atoms with E-state index in [1.807, 2.05) is 30.3 Å². The van der Waals surface area contributed by atoms with E-state index in [2.05, 4.69) is 6.58 Å². The van der Waals surface area contributed by atoms with Gasteiger partial charge in [0.25, 0.3) is 0 Å². The van der Waals surface area contributed by atoms with Crippen molar-refractivity contribution in [1.29, 1.82) is 0 Å². The van der Waals surface area contributed by atoms with Gasteiger partial charge in [0.15, 0.2) is 0 Å². The zero-order chi connectivity index (χ0) is 21.6. The highest BCUT2D eigenvalue weighted by Gasteiger charge is 2.34.